The van der Waals surface area contributed by atoms with Crippen LogP contribution in [-0.2, 0) is 19.1 Å². The third-order valence-electron chi connectivity index (χ3n) is 4.54. The SMILES string of the molecule is CC(C)(C)NC(=O)CC1(C(=O)OCC(=O)Nc2ccc(F)c(F)c2)CCCC1. The number of carbonyl (C=O) groups is 3. The summed E-state index contributed by atoms with van der Waals surface area (Å²) in [5, 5.41) is 5.18. The van der Waals surface area contributed by atoms with Crippen LogP contribution in [0.25, 0.3) is 0 Å². The number of amides is 2. The van der Waals surface area contributed by atoms with Gasteiger partial charge >= 0.3 is 5.97 Å². The van der Waals surface area contributed by atoms with Gasteiger partial charge in [-0.3, -0.25) is 14.4 Å². The van der Waals surface area contributed by atoms with Crippen LogP contribution in [0.15, 0.2) is 18.2 Å². The van der Waals surface area contributed by atoms with Crippen LogP contribution in [0.2, 0.25) is 0 Å². The Labute approximate surface area is 163 Å². The van der Waals surface area contributed by atoms with Crippen molar-refractivity contribution in [3.05, 3.63) is 29.8 Å². The van der Waals surface area contributed by atoms with E-state index in [0.29, 0.717) is 12.8 Å². The molecule has 0 heterocycles. The van der Waals surface area contributed by atoms with Crippen molar-refractivity contribution in [1.82, 2.24) is 5.32 Å². The normalized spacial score (nSPS) is 15.8. The Kier molecular flexibility index (Phi) is 6.74. The molecule has 1 fully saturated rings. The molecule has 8 heteroatoms. The van der Waals surface area contributed by atoms with E-state index in [9.17, 15) is 23.2 Å². The van der Waals surface area contributed by atoms with Crippen molar-refractivity contribution in [1.29, 1.82) is 0 Å². The van der Waals surface area contributed by atoms with Gasteiger partial charge in [-0.25, -0.2) is 8.78 Å². The lowest BCUT2D eigenvalue weighted by atomic mass is 9.82. The van der Waals surface area contributed by atoms with Crippen molar-refractivity contribution < 1.29 is 27.9 Å². The summed E-state index contributed by atoms with van der Waals surface area (Å²) in [6, 6.07) is 2.93. The third-order valence-corrected chi connectivity index (χ3v) is 4.54. The average Bonchev–Trinajstić information content (AvgIpc) is 3.04. The fourth-order valence-corrected chi connectivity index (χ4v) is 3.33. The van der Waals surface area contributed by atoms with E-state index < -0.39 is 41.1 Å². The first-order valence-corrected chi connectivity index (χ1v) is 9.24. The molecule has 0 saturated heterocycles. The third kappa shape index (κ3) is 6.00. The highest BCUT2D eigenvalue weighted by Gasteiger charge is 2.44. The van der Waals surface area contributed by atoms with Crippen LogP contribution in [0.4, 0.5) is 14.5 Å². The minimum absolute atomic E-state index is 0.00783. The molecule has 1 aliphatic rings. The van der Waals surface area contributed by atoms with E-state index in [2.05, 4.69) is 10.6 Å². The summed E-state index contributed by atoms with van der Waals surface area (Å²) in [7, 11) is 0. The second-order valence-electron chi connectivity index (χ2n) is 8.22. The lowest BCUT2D eigenvalue weighted by Crippen LogP contribution is -2.44. The summed E-state index contributed by atoms with van der Waals surface area (Å²) in [6.45, 7) is 4.99. The van der Waals surface area contributed by atoms with Gasteiger partial charge in [-0.15, -0.1) is 0 Å². The van der Waals surface area contributed by atoms with Gasteiger partial charge in [-0.05, 0) is 45.7 Å². The molecule has 6 nitrogen and oxygen atoms in total. The zero-order valence-corrected chi connectivity index (χ0v) is 16.4. The first kappa shape index (κ1) is 21.8. The van der Waals surface area contributed by atoms with Crippen molar-refractivity contribution in [2.45, 2.75) is 58.4 Å². The van der Waals surface area contributed by atoms with Crippen LogP contribution in [0, 0.1) is 17.0 Å². The van der Waals surface area contributed by atoms with Crippen LogP contribution < -0.4 is 10.6 Å². The van der Waals surface area contributed by atoms with Gasteiger partial charge in [-0.1, -0.05) is 12.8 Å². The molecule has 0 aromatic heterocycles. The number of ether oxygens (including phenoxy) is 1. The molecule has 0 unspecified atom stereocenters. The molecule has 2 rings (SSSR count). The number of esters is 1. The van der Waals surface area contributed by atoms with Crippen molar-refractivity contribution in [2.24, 2.45) is 5.41 Å². The molecule has 1 aromatic rings. The van der Waals surface area contributed by atoms with E-state index in [4.69, 9.17) is 4.74 Å². The van der Waals surface area contributed by atoms with Crippen LogP contribution in [0.3, 0.4) is 0 Å². The molecule has 0 bridgehead atoms. The quantitative estimate of drug-likeness (QED) is 0.723. The van der Waals surface area contributed by atoms with Crippen molar-refractivity contribution in [3.63, 3.8) is 0 Å². The molecule has 2 N–H and O–H groups in total. The van der Waals surface area contributed by atoms with Gasteiger partial charge in [0.05, 0.1) is 5.41 Å². The van der Waals surface area contributed by atoms with Gasteiger partial charge in [0.2, 0.25) is 5.91 Å². The first-order chi connectivity index (χ1) is 13.0. The van der Waals surface area contributed by atoms with Crippen molar-refractivity contribution >= 4 is 23.5 Å². The molecule has 0 atom stereocenters. The molecule has 0 spiro atoms. The number of rotatable bonds is 6. The number of carbonyl (C=O) groups excluding carboxylic acids is 3. The van der Waals surface area contributed by atoms with Gasteiger partial charge in [0.15, 0.2) is 18.2 Å². The molecule has 2 amide bonds. The molecular weight excluding hydrogens is 370 g/mol. The summed E-state index contributed by atoms with van der Waals surface area (Å²) in [5.41, 5.74) is -1.29. The van der Waals surface area contributed by atoms with E-state index >= 15 is 0 Å². The molecular formula is C20H26F2N2O4. The van der Waals surface area contributed by atoms with Gasteiger partial charge < -0.3 is 15.4 Å². The lowest BCUT2D eigenvalue weighted by Gasteiger charge is -2.28. The van der Waals surface area contributed by atoms with Crippen LogP contribution in [0.5, 0.6) is 0 Å². The number of hydrogen-bond acceptors (Lipinski definition) is 4. The molecule has 1 aliphatic carbocycles. The minimum Gasteiger partial charge on any atom is -0.455 e. The van der Waals surface area contributed by atoms with Gasteiger partial charge in [0.1, 0.15) is 0 Å². The van der Waals surface area contributed by atoms with E-state index in [1.54, 1.807) is 0 Å². The topological polar surface area (TPSA) is 84.5 Å². The molecule has 28 heavy (non-hydrogen) atoms. The summed E-state index contributed by atoms with van der Waals surface area (Å²) in [5.74, 6) is -3.62. The van der Waals surface area contributed by atoms with E-state index in [0.717, 1.165) is 25.0 Å². The first-order valence-electron chi connectivity index (χ1n) is 9.24. The highest BCUT2D eigenvalue weighted by Crippen LogP contribution is 2.42. The number of halogens is 2. The van der Waals surface area contributed by atoms with E-state index in [-0.39, 0.29) is 18.0 Å². The van der Waals surface area contributed by atoms with Crippen LogP contribution in [-0.4, -0.2) is 29.9 Å². The van der Waals surface area contributed by atoms with Crippen LogP contribution in [0.1, 0.15) is 52.9 Å². The second kappa shape index (κ2) is 8.67. The Bertz CT molecular complexity index is 753. The Morgan fingerprint density at radius 3 is 2.29 bits per heavy atom. The maximum absolute atomic E-state index is 13.2. The maximum Gasteiger partial charge on any atom is 0.313 e. The molecule has 0 radical (unpaired) electrons. The average molecular weight is 396 g/mol. The number of nitrogens with one attached hydrogen (secondary N) is 2. The molecule has 1 saturated carbocycles. The Morgan fingerprint density at radius 2 is 1.71 bits per heavy atom. The van der Waals surface area contributed by atoms with Crippen molar-refractivity contribution in [2.75, 3.05) is 11.9 Å². The van der Waals surface area contributed by atoms with Crippen LogP contribution >= 0.6 is 0 Å². The predicted molar refractivity (Wildman–Crippen MR) is 99.4 cm³/mol. The fourth-order valence-electron chi connectivity index (χ4n) is 3.33. The van der Waals surface area contributed by atoms with Gasteiger partial charge in [0, 0.05) is 23.7 Å². The lowest BCUT2D eigenvalue weighted by molar-refractivity contribution is -0.160. The number of benzene rings is 1. The maximum atomic E-state index is 13.2. The molecule has 154 valence electrons. The van der Waals surface area contributed by atoms with E-state index in [1.807, 2.05) is 20.8 Å². The monoisotopic (exact) mass is 396 g/mol. The zero-order chi connectivity index (χ0) is 20.9. The highest BCUT2D eigenvalue weighted by atomic mass is 19.2. The Balaban J connectivity index is 1.93. The Morgan fingerprint density at radius 1 is 1.07 bits per heavy atom. The van der Waals surface area contributed by atoms with Gasteiger partial charge in [-0.2, -0.15) is 0 Å². The second-order valence-corrected chi connectivity index (χ2v) is 8.22. The Hall–Kier alpha value is -2.51. The smallest absolute Gasteiger partial charge is 0.313 e. The number of hydrogen-bond donors (Lipinski definition) is 2. The summed E-state index contributed by atoms with van der Waals surface area (Å²) >= 11 is 0. The highest BCUT2D eigenvalue weighted by molar-refractivity contribution is 5.93. The van der Waals surface area contributed by atoms with E-state index in [1.165, 1.54) is 6.07 Å². The minimum atomic E-state index is -1.09. The summed E-state index contributed by atoms with van der Waals surface area (Å²) in [4.78, 5) is 36.9. The predicted octanol–water partition coefficient (Wildman–Crippen LogP) is 3.31. The molecule has 0 aliphatic heterocycles. The largest absolute Gasteiger partial charge is 0.455 e. The van der Waals surface area contributed by atoms with Gasteiger partial charge in [0.25, 0.3) is 5.91 Å². The molecule has 1 aromatic carbocycles. The standard InChI is InChI=1S/C20H26F2N2O4/c1-19(2,3)24-16(25)11-20(8-4-5-9-20)18(27)28-12-17(26)23-13-6-7-14(21)15(22)10-13/h6-7,10H,4-5,8-9,11-12H2,1-3H3,(H,23,26)(H,24,25). The van der Waals surface area contributed by atoms with Crippen molar-refractivity contribution in [3.8, 4) is 0 Å². The summed E-state index contributed by atoms with van der Waals surface area (Å²) < 4.78 is 31.3. The zero-order valence-electron chi connectivity index (χ0n) is 16.4. The summed E-state index contributed by atoms with van der Waals surface area (Å²) in [6.07, 6.45) is 2.66. The number of anilines is 1. The fraction of sp³-hybridized carbons (Fsp3) is 0.550.